The van der Waals surface area contributed by atoms with Crippen molar-refractivity contribution in [3.05, 3.63) is 24.5 Å². The van der Waals surface area contributed by atoms with Gasteiger partial charge < -0.3 is 15.2 Å². The minimum atomic E-state index is -3.61. The number of hydrogen-bond acceptors (Lipinski definition) is 6. The number of aliphatic hydroxyl groups excluding tert-OH is 1. The van der Waals surface area contributed by atoms with Crippen LogP contribution in [0.3, 0.4) is 0 Å². The summed E-state index contributed by atoms with van der Waals surface area (Å²) >= 11 is 0. The highest BCUT2D eigenvalue weighted by Crippen LogP contribution is 2.13. The van der Waals surface area contributed by atoms with E-state index in [0.29, 0.717) is 31.9 Å². The molecule has 23 heavy (non-hydrogen) atoms. The summed E-state index contributed by atoms with van der Waals surface area (Å²) in [5.74, 6) is 0.336. The average molecular weight is 343 g/mol. The quantitative estimate of drug-likeness (QED) is 0.634. The van der Waals surface area contributed by atoms with E-state index in [4.69, 9.17) is 4.74 Å². The Kier molecular flexibility index (Phi) is 6.49. The average Bonchev–Trinajstić information content (AvgIpc) is 2.90. The number of sulfonamides is 1. The maximum atomic E-state index is 12.4. The van der Waals surface area contributed by atoms with Gasteiger partial charge in [-0.1, -0.05) is 13.8 Å². The van der Waals surface area contributed by atoms with Crippen LogP contribution in [0.15, 0.2) is 29.4 Å². The van der Waals surface area contributed by atoms with Gasteiger partial charge in [-0.15, -0.1) is 0 Å². The topological polar surface area (TPSA) is 101 Å². The third-order valence-electron chi connectivity index (χ3n) is 3.71. The van der Waals surface area contributed by atoms with Crippen LogP contribution in [0, 0.1) is 5.92 Å². The van der Waals surface area contributed by atoms with E-state index in [-0.39, 0.29) is 17.0 Å². The summed E-state index contributed by atoms with van der Waals surface area (Å²) in [6.07, 6.45) is 3.44. The Morgan fingerprint density at radius 2 is 2.26 bits per heavy atom. The van der Waals surface area contributed by atoms with Crippen LogP contribution >= 0.6 is 0 Å². The van der Waals surface area contributed by atoms with E-state index in [1.165, 1.54) is 18.5 Å². The van der Waals surface area contributed by atoms with Crippen LogP contribution in [0.4, 0.5) is 0 Å². The molecule has 1 fully saturated rings. The molecule has 3 N–H and O–H groups in total. The maximum absolute atomic E-state index is 12.4. The predicted octanol–water partition coefficient (Wildman–Crippen LogP) is 0.472. The van der Waals surface area contributed by atoms with Crippen molar-refractivity contribution in [2.45, 2.75) is 50.0 Å². The Bertz CT molecular complexity index is 580. The Labute approximate surface area is 137 Å². The lowest BCUT2D eigenvalue weighted by molar-refractivity contribution is -0.0718. The molecule has 130 valence electrons. The first-order valence-corrected chi connectivity index (χ1v) is 9.32. The van der Waals surface area contributed by atoms with Crippen molar-refractivity contribution in [3.8, 4) is 0 Å². The first-order valence-electron chi connectivity index (χ1n) is 7.84. The van der Waals surface area contributed by atoms with Gasteiger partial charge in [0.25, 0.3) is 0 Å². The van der Waals surface area contributed by atoms with Crippen molar-refractivity contribution in [2.75, 3.05) is 13.2 Å². The van der Waals surface area contributed by atoms with Crippen molar-refractivity contribution in [3.63, 3.8) is 0 Å². The Morgan fingerprint density at radius 3 is 2.83 bits per heavy atom. The second kappa shape index (κ2) is 8.16. The van der Waals surface area contributed by atoms with Crippen LogP contribution in [0.5, 0.6) is 0 Å². The molecule has 0 radical (unpaired) electrons. The first-order chi connectivity index (χ1) is 10.9. The van der Waals surface area contributed by atoms with E-state index in [9.17, 15) is 13.5 Å². The van der Waals surface area contributed by atoms with Crippen molar-refractivity contribution < 1.29 is 18.3 Å². The molecule has 0 bridgehead atoms. The van der Waals surface area contributed by atoms with Gasteiger partial charge in [-0.3, -0.25) is 4.98 Å². The SMILES string of the molecule is CC(C)C[C@H](CN[C@H]1CCOC1O)NS(=O)(=O)c1cccnc1. The van der Waals surface area contributed by atoms with Gasteiger partial charge in [0.2, 0.25) is 10.0 Å². The molecule has 0 saturated carbocycles. The number of nitrogens with one attached hydrogen (secondary N) is 2. The third-order valence-corrected chi connectivity index (χ3v) is 5.22. The van der Waals surface area contributed by atoms with Crippen molar-refractivity contribution in [1.29, 1.82) is 0 Å². The molecule has 2 rings (SSSR count). The normalized spacial score (nSPS) is 23.3. The van der Waals surface area contributed by atoms with E-state index >= 15 is 0 Å². The monoisotopic (exact) mass is 343 g/mol. The van der Waals surface area contributed by atoms with Gasteiger partial charge in [0, 0.05) is 25.0 Å². The molecule has 7 nitrogen and oxygen atoms in total. The fourth-order valence-corrected chi connectivity index (χ4v) is 3.82. The number of aliphatic hydroxyl groups is 1. The number of nitrogens with zero attached hydrogens (tertiary/aromatic N) is 1. The van der Waals surface area contributed by atoms with Crippen LogP contribution in [0.2, 0.25) is 0 Å². The molecule has 0 spiro atoms. The fraction of sp³-hybridized carbons (Fsp3) is 0.667. The molecule has 3 atom stereocenters. The Hall–Kier alpha value is -1.06. The number of rotatable bonds is 8. The van der Waals surface area contributed by atoms with E-state index in [2.05, 4.69) is 15.0 Å². The summed E-state index contributed by atoms with van der Waals surface area (Å²) in [5.41, 5.74) is 0. The zero-order chi connectivity index (χ0) is 16.9. The summed E-state index contributed by atoms with van der Waals surface area (Å²) in [5, 5.41) is 12.9. The largest absolute Gasteiger partial charge is 0.367 e. The van der Waals surface area contributed by atoms with Crippen LogP contribution in [-0.2, 0) is 14.8 Å². The molecule has 2 heterocycles. The summed E-state index contributed by atoms with van der Waals surface area (Å²) in [4.78, 5) is 4.00. The van der Waals surface area contributed by atoms with Crippen molar-refractivity contribution in [1.82, 2.24) is 15.0 Å². The standard InChI is InChI=1S/C15H25N3O4S/c1-11(2)8-12(9-17-14-5-7-22-15(14)19)18-23(20,21)13-4-3-6-16-10-13/h3-4,6,10-12,14-15,17-19H,5,7-9H2,1-2H3/t12-,14+,15?/m1/s1. The fourth-order valence-electron chi connectivity index (χ4n) is 2.61. The van der Waals surface area contributed by atoms with E-state index in [0.717, 1.165) is 0 Å². The molecular weight excluding hydrogens is 318 g/mol. The van der Waals surface area contributed by atoms with Gasteiger partial charge in [-0.2, -0.15) is 0 Å². The second-order valence-corrected chi connectivity index (χ2v) is 7.92. The first kappa shape index (κ1) is 18.3. The smallest absolute Gasteiger partial charge is 0.242 e. The molecule has 1 aliphatic heterocycles. The Morgan fingerprint density at radius 1 is 1.48 bits per heavy atom. The molecule has 0 aromatic carbocycles. The maximum Gasteiger partial charge on any atom is 0.242 e. The van der Waals surface area contributed by atoms with Gasteiger partial charge >= 0.3 is 0 Å². The number of ether oxygens (including phenoxy) is 1. The molecule has 1 aliphatic rings. The van der Waals surface area contributed by atoms with Crippen LogP contribution < -0.4 is 10.0 Å². The molecule has 1 aromatic heterocycles. The summed E-state index contributed by atoms with van der Waals surface area (Å²) in [6, 6.07) is 2.68. The summed E-state index contributed by atoms with van der Waals surface area (Å²) < 4.78 is 32.7. The molecular formula is C15H25N3O4S. The molecule has 1 aromatic rings. The summed E-state index contributed by atoms with van der Waals surface area (Å²) in [6.45, 7) is 5.02. The lowest BCUT2D eigenvalue weighted by atomic mass is 10.0. The van der Waals surface area contributed by atoms with Crippen LogP contribution in [0.25, 0.3) is 0 Å². The van der Waals surface area contributed by atoms with Crippen LogP contribution in [0.1, 0.15) is 26.7 Å². The zero-order valence-corrected chi connectivity index (χ0v) is 14.3. The van der Waals surface area contributed by atoms with Gasteiger partial charge in [0.15, 0.2) is 6.29 Å². The van der Waals surface area contributed by atoms with Gasteiger partial charge in [0.05, 0.1) is 12.6 Å². The van der Waals surface area contributed by atoms with E-state index < -0.39 is 16.3 Å². The number of hydrogen-bond donors (Lipinski definition) is 3. The second-order valence-electron chi connectivity index (χ2n) is 6.20. The lowest BCUT2D eigenvalue weighted by Gasteiger charge is -2.23. The highest BCUT2D eigenvalue weighted by molar-refractivity contribution is 7.89. The van der Waals surface area contributed by atoms with Crippen molar-refractivity contribution >= 4 is 10.0 Å². The third kappa shape index (κ3) is 5.50. The highest BCUT2D eigenvalue weighted by atomic mass is 32.2. The van der Waals surface area contributed by atoms with Gasteiger partial charge in [-0.25, -0.2) is 13.1 Å². The van der Waals surface area contributed by atoms with Gasteiger partial charge in [-0.05, 0) is 30.9 Å². The van der Waals surface area contributed by atoms with E-state index in [1.54, 1.807) is 6.07 Å². The predicted molar refractivity (Wildman–Crippen MR) is 86.2 cm³/mol. The number of aromatic nitrogens is 1. The van der Waals surface area contributed by atoms with E-state index in [1.807, 2.05) is 13.8 Å². The molecule has 8 heteroatoms. The molecule has 1 saturated heterocycles. The highest BCUT2D eigenvalue weighted by Gasteiger charge is 2.27. The van der Waals surface area contributed by atoms with Crippen LogP contribution in [-0.4, -0.2) is 50.0 Å². The molecule has 0 amide bonds. The minimum Gasteiger partial charge on any atom is -0.367 e. The zero-order valence-electron chi connectivity index (χ0n) is 13.5. The number of pyridine rings is 1. The Balaban J connectivity index is 2.00. The van der Waals surface area contributed by atoms with Gasteiger partial charge in [0.1, 0.15) is 4.90 Å². The summed E-state index contributed by atoms with van der Waals surface area (Å²) in [7, 11) is -3.61. The minimum absolute atomic E-state index is 0.151. The molecule has 1 unspecified atom stereocenters. The van der Waals surface area contributed by atoms with Crippen molar-refractivity contribution in [2.24, 2.45) is 5.92 Å². The molecule has 0 aliphatic carbocycles. The lowest BCUT2D eigenvalue weighted by Crippen LogP contribution is -2.47.